The molecule has 110 valence electrons. The van der Waals surface area contributed by atoms with Gasteiger partial charge in [-0.1, -0.05) is 33.6 Å². The summed E-state index contributed by atoms with van der Waals surface area (Å²) in [6.45, 7) is 3.45. The van der Waals surface area contributed by atoms with Crippen molar-refractivity contribution in [3.8, 4) is 11.5 Å². The second-order valence-corrected chi connectivity index (χ2v) is 5.52. The van der Waals surface area contributed by atoms with Crippen LogP contribution in [0.5, 0.6) is 11.5 Å². The van der Waals surface area contributed by atoms with E-state index in [-0.39, 0.29) is 12.4 Å². The summed E-state index contributed by atoms with van der Waals surface area (Å²) in [4.78, 5) is 11.7. The van der Waals surface area contributed by atoms with Gasteiger partial charge in [-0.05, 0) is 43.7 Å². The zero-order valence-corrected chi connectivity index (χ0v) is 13.2. The molecule has 0 saturated carbocycles. The first-order valence-corrected chi connectivity index (χ1v) is 7.11. The molecule has 3 nitrogen and oxygen atoms in total. The molecule has 0 heterocycles. The number of halogens is 2. The van der Waals surface area contributed by atoms with E-state index >= 15 is 0 Å². The van der Waals surface area contributed by atoms with Gasteiger partial charge in [-0.2, -0.15) is 0 Å². The zero-order valence-electron chi connectivity index (χ0n) is 11.7. The van der Waals surface area contributed by atoms with Gasteiger partial charge >= 0.3 is 5.97 Å². The van der Waals surface area contributed by atoms with Crippen LogP contribution in [0.3, 0.4) is 0 Å². The van der Waals surface area contributed by atoms with Crippen molar-refractivity contribution in [1.82, 2.24) is 0 Å². The summed E-state index contributed by atoms with van der Waals surface area (Å²) in [6, 6.07) is 9.84. The maximum absolute atomic E-state index is 13.5. The van der Waals surface area contributed by atoms with Gasteiger partial charge < -0.3 is 9.47 Å². The average molecular weight is 353 g/mol. The molecule has 0 bridgehead atoms. The van der Waals surface area contributed by atoms with Gasteiger partial charge in [-0.25, -0.2) is 9.18 Å². The van der Waals surface area contributed by atoms with Gasteiger partial charge in [0.25, 0.3) is 0 Å². The van der Waals surface area contributed by atoms with Gasteiger partial charge in [0.2, 0.25) is 0 Å². The number of rotatable bonds is 4. The standard InChI is InChI=1S/C16H14BrFO3/c1-10-3-5-14(11(2)7-10)21-16(19)9-20-15-6-4-12(17)8-13(15)18/h3-8H,9H2,1-2H3. The van der Waals surface area contributed by atoms with Crippen molar-refractivity contribution >= 4 is 21.9 Å². The zero-order chi connectivity index (χ0) is 15.4. The molecule has 0 aliphatic carbocycles. The van der Waals surface area contributed by atoms with E-state index in [1.165, 1.54) is 12.1 Å². The van der Waals surface area contributed by atoms with Gasteiger partial charge in [0.05, 0.1) is 0 Å². The third-order valence-corrected chi connectivity index (χ3v) is 3.29. The number of carbonyl (C=O) groups excluding carboxylic acids is 1. The highest BCUT2D eigenvalue weighted by Crippen LogP contribution is 2.22. The summed E-state index contributed by atoms with van der Waals surface area (Å²) in [5.41, 5.74) is 1.94. The quantitative estimate of drug-likeness (QED) is 0.611. The second kappa shape index (κ2) is 6.72. The number of hydrogen-bond acceptors (Lipinski definition) is 3. The summed E-state index contributed by atoms with van der Waals surface area (Å²) in [7, 11) is 0. The topological polar surface area (TPSA) is 35.5 Å². The van der Waals surface area contributed by atoms with E-state index in [4.69, 9.17) is 9.47 Å². The summed E-state index contributed by atoms with van der Waals surface area (Å²) in [6.07, 6.45) is 0. The highest BCUT2D eigenvalue weighted by Gasteiger charge is 2.10. The van der Waals surface area contributed by atoms with E-state index in [0.29, 0.717) is 10.2 Å². The lowest BCUT2D eigenvalue weighted by molar-refractivity contribution is -0.136. The SMILES string of the molecule is Cc1ccc(OC(=O)COc2ccc(Br)cc2F)c(C)c1. The number of carbonyl (C=O) groups is 1. The minimum absolute atomic E-state index is 0.00998. The Hall–Kier alpha value is -1.88. The van der Waals surface area contributed by atoms with Gasteiger partial charge in [0.1, 0.15) is 5.75 Å². The average Bonchev–Trinajstić information content (AvgIpc) is 2.41. The molecular weight excluding hydrogens is 339 g/mol. The van der Waals surface area contributed by atoms with E-state index in [9.17, 15) is 9.18 Å². The predicted molar refractivity (Wildman–Crippen MR) is 81.1 cm³/mol. The number of benzene rings is 2. The van der Waals surface area contributed by atoms with Crippen molar-refractivity contribution < 1.29 is 18.7 Å². The molecule has 5 heteroatoms. The molecule has 0 aliphatic rings. The molecule has 0 N–H and O–H groups in total. The Labute approximate surface area is 130 Å². The van der Waals surface area contributed by atoms with Gasteiger partial charge in [-0.3, -0.25) is 0 Å². The molecule has 0 radical (unpaired) electrons. The van der Waals surface area contributed by atoms with E-state index in [1.807, 2.05) is 26.0 Å². The van der Waals surface area contributed by atoms with Crippen LogP contribution in [0.15, 0.2) is 40.9 Å². The van der Waals surface area contributed by atoms with Gasteiger partial charge in [-0.15, -0.1) is 0 Å². The van der Waals surface area contributed by atoms with Crippen LogP contribution < -0.4 is 9.47 Å². The van der Waals surface area contributed by atoms with E-state index in [1.54, 1.807) is 12.1 Å². The van der Waals surface area contributed by atoms with Crippen molar-refractivity contribution in [3.63, 3.8) is 0 Å². The van der Waals surface area contributed by atoms with Crippen LogP contribution in [0.4, 0.5) is 4.39 Å². The van der Waals surface area contributed by atoms with Crippen LogP contribution in [0.1, 0.15) is 11.1 Å². The first-order chi connectivity index (χ1) is 9.95. The first kappa shape index (κ1) is 15.5. The maximum atomic E-state index is 13.5. The van der Waals surface area contributed by atoms with Crippen LogP contribution >= 0.6 is 15.9 Å². The molecule has 0 aromatic heterocycles. The monoisotopic (exact) mass is 352 g/mol. The number of esters is 1. The molecule has 0 unspecified atom stereocenters. The summed E-state index contributed by atoms with van der Waals surface area (Å²) in [5, 5.41) is 0. The summed E-state index contributed by atoms with van der Waals surface area (Å²) in [5.74, 6) is -0.630. The van der Waals surface area contributed by atoms with Crippen LogP contribution in [0.2, 0.25) is 0 Å². The van der Waals surface area contributed by atoms with Crippen molar-refractivity contribution in [2.45, 2.75) is 13.8 Å². The van der Waals surface area contributed by atoms with Crippen LogP contribution in [-0.2, 0) is 4.79 Å². The minimum atomic E-state index is -0.579. The van der Waals surface area contributed by atoms with Crippen LogP contribution in [0, 0.1) is 19.7 Å². The Balaban J connectivity index is 1.96. The van der Waals surface area contributed by atoms with E-state index in [2.05, 4.69) is 15.9 Å². The smallest absolute Gasteiger partial charge is 0.349 e. The molecule has 2 aromatic carbocycles. The largest absolute Gasteiger partial charge is 0.479 e. The van der Waals surface area contributed by atoms with Crippen molar-refractivity contribution in [1.29, 1.82) is 0 Å². The van der Waals surface area contributed by atoms with Crippen molar-refractivity contribution in [2.75, 3.05) is 6.61 Å². The lowest BCUT2D eigenvalue weighted by Gasteiger charge is -2.09. The van der Waals surface area contributed by atoms with E-state index < -0.39 is 11.8 Å². The van der Waals surface area contributed by atoms with E-state index in [0.717, 1.165) is 11.1 Å². The summed E-state index contributed by atoms with van der Waals surface area (Å²) >= 11 is 3.15. The molecule has 21 heavy (non-hydrogen) atoms. The molecule has 0 spiro atoms. The molecule has 0 amide bonds. The van der Waals surface area contributed by atoms with Gasteiger partial charge in [0.15, 0.2) is 18.2 Å². The normalized spacial score (nSPS) is 10.3. The fourth-order valence-corrected chi connectivity index (χ4v) is 2.13. The Bertz CT molecular complexity index is 671. The van der Waals surface area contributed by atoms with Gasteiger partial charge in [0, 0.05) is 4.47 Å². The van der Waals surface area contributed by atoms with Crippen LogP contribution in [-0.4, -0.2) is 12.6 Å². The Morgan fingerprint density at radius 1 is 1.14 bits per heavy atom. The lowest BCUT2D eigenvalue weighted by Crippen LogP contribution is -2.18. The first-order valence-electron chi connectivity index (χ1n) is 6.31. The highest BCUT2D eigenvalue weighted by atomic mass is 79.9. The predicted octanol–water partition coefficient (Wildman–Crippen LogP) is 4.19. The third kappa shape index (κ3) is 4.29. The molecule has 0 saturated heterocycles. The Morgan fingerprint density at radius 2 is 1.86 bits per heavy atom. The number of ether oxygens (including phenoxy) is 2. The van der Waals surface area contributed by atoms with Crippen LogP contribution in [0.25, 0.3) is 0 Å². The van der Waals surface area contributed by atoms with Crippen molar-refractivity contribution in [2.24, 2.45) is 0 Å². The molecule has 0 fully saturated rings. The third-order valence-electron chi connectivity index (χ3n) is 2.79. The summed E-state index contributed by atoms with van der Waals surface area (Å²) < 4.78 is 24.4. The Morgan fingerprint density at radius 3 is 2.52 bits per heavy atom. The minimum Gasteiger partial charge on any atom is -0.479 e. The van der Waals surface area contributed by atoms with Crippen molar-refractivity contribution in [3.05, 3.63) is 57.8 Å². The fourth-order valence-electron chi connectivity index (χ4n) is 1.79. The molecule has 0 atom stereocenters. The molecule has 2 rings (SSSR count). The lowest BCUT2D eigenvalue weighted by atomic mass is 10.1. The Kier molecular flexibility index (Phi) is 4.96. The highest BCUT2D eigenvalue weighted by molar-refractivity contribution is 9.10. The second-order valence-electron chi connectivity index (χ2n) is 4.61. The molecule has 2 aromatic rings. The number of hydrogen-bond donors (Lipinski definition) is 0. The maximum Gasteiger partial charge on any atom is 0.349 e. The fraction of sp³-hybridized carbons (Fsp3) is 0.188. The molecule has 0 aliphatic heterocycles. The molecular formula is C16H14BrFO3. The number of aryl methyl sites for hydroxylation is 2.